The number of ether oxygens (including phenoxy) is 1. The zero-order valence-electron chi connectivity index (χ0n) is 21.5. The van der Waals surface area contributed by atoms with Crippen LogP contribution >= 0.6 is 0 Å². The smallest absolute Gasteiger partial charge is 0.416 e. The Morgan fingerprint density at radius 2 is 1.93 bits per heavy atom. The van der Waals surface area contributed by atoms with Crippen molar-refractivity contribution in [2.45, 2.75) is 32.1 Å². The monoisotopic (exact) mass is 558 g/mol. The van der Waals surface area contributed by atoms with Gasteiger partial charge in [0.1, 0.15) is 6.04 Å². The van der Waals surface area contributed by atoms with E-state index in [1.54, 1.807) is 0 Å². The minimum absolute atomic E-state index is 0.0337. The minimum atomic E-state index is -4.72. The van der Waals surface area contributed by atoms with Crippen molar-refractivity contribution < 1.29 is 37.4 Å². The van der Waals surface area contributed by atoms with Gasteiger partial charge >= 0.3 is 18.2 Å². The summed E-state index contributed by atoms with van der Waals surface area (Å²) in [7, 11) is 1.04. The van der Waals surface area contributed by atoms with Crippen molar-refractivity contribution >= 4 is 29.6 Å². The number of halogens is 3. The average Bonchev–Trinajstić information content (AvgIpc) is 2.91. The largest absolute Gasteiger partial charge is 0.466 e. The number of nitriles is 1. The number of guanidine groups is 1. The Morgan fingerprint density at radius 3 is 2.48 bits per heavy atom. The molecule has 5 N–H and O–H groups in total. The van der Waals surface area contributed by atoms with Gasteiger partial charge in [0.2, 0.25) is 5.96 Å². The standard InChI is InChI=1S/C26H25F3N6O5/c1-13(12-36)33-22(37)19-9-15(11-30)7-8-18(19)21-20(23(38)40-3)14(2)34(24(31)35(21)25(32)39)17-6-4-5-16(10-17)26(27,28)29/h4-10,13,21,31,36H,12H2,1-3H3,(H2,32,39)(H,33,37)/t13-,21+/m0/s1. The topological polar surface area (TPSA) is 173 Å². The van der Waals surface area contributed by atoms with E-state index >= 15 is 0 Å². The first-order valence-corrected chi connectivity index (χ1v) is 11.7. The highest BCUT2D eigenvalue weighted by atomic mass is 19.4. The number of nitrogens with zero attached hydrogens (tertiary/aromatic N) is 3. The van der Waals surface area contributed by atoms with E-state index in [4.69, 9.17) is 15.9 Å². The average molecular weight is 559 g/mol. The van der Waals surface area contributed by atoms with Crippen LogP contribution < -0.4 is 16.0 Å². The quantitative estimate of drug-likeness (QED) is 0.395. The van der Waals surface area contributed by atoms with Crippen LogP contribution in [0.15, 0.2) is 53.7 Å². The molecule has 0 saturated heterocycles. The number of alkyl halides is 3. The van der Waals surface area contributed by atoms with Gasteiger partial charge in [0.05, 0.1) is 36.5 Å². The van der Waals surface area contributed by atoms with E-state index in [2.05, 4.69) is 5.32 Å². The Hall–Kier alpha value is -4.90. The number of rotatable bonds is 6. The van der Waals surface area contributed by atoms with E-state index < -0.39 is 54.3 Å². The van der Waals surface area contributed by atoms with Crippen LogP contribution in [0.2, 0.25) is 0 Å². The zero-order chi connectivity index (χ0) is 29.9. The second-order valence-corrected chi connectivity index (χ2v) is 8.78. The number of nitrogens with one attached hydrogen (secondary N) is 2. The molecule has 0 saturated carbocycles. The van der Waals surface area contributed by atoms with E-state index in [1.165, 1.54) is 38.1 Å². The van der Waals surface area contributed by atoms with E-state index in [0.29, 0.717) is 4.90 Å². The Morgan fingerprint density at radius 1 is 1.25 bits per heavy atom. The summed E-state index contributed by atoms with van der Waals surface area (Å²) >= 11 is 0. The van der Waals surface area contributed by atoms with Crippen LogP contribution in [0, 0.1) is 16.7 Å². The number of carbonyl (C=O) groups excluding carboxylic acids is 3. The highest BCUT2D eigenvalue weighted by Gasteiger charge is 2.45. The van der Waals surface area contributed by atoms with E-state index in [-0.39, 0.29) is 33.6 Å². The summed E-state index contributed by atoms with van der Waals surface area (Å²) in [5.41, 5.74) is 3.87. The molecule has 11 nitrogen and oxygen atoms in total. The van der Waals surface area contributed by atoms with Gasteiger partial charge in [-0.25, -0.2) is 9.59 Å². The molecular weight excluding hydrogens is 533 g/mol. The van der Waals surface area contributed by atoms with Gasteiger partial charge in [-0.05, 0) is 49.7 Å². The number of benzene rings is 2. The third-order valence-electron chi connectivity index (χ3n) is 6.14. The van der Waals surface area contributed by atoms with E-state index in [1.807, 2.05) is 6.07 Å². The summed E-state index contributed by atoms with van der Waals surface area (Å²) in [6.45, 7) is 2.43. The molecular formula is C26H25F3N6O5. The molecule has 0 unspecified atom stereocenters. The van der Waals surface area contributed by atoms with Crippen LogP contribution in [0.3, 0.4) is 0 Å². The van der Waals surface area contributed by atoms with Gasteiger partial charge in [-0.2, -0.15) is 18.4 Å². The number of carbonyl (C=O) groups is 3. The molecule has 0 spiro atoms. The molecule has 0 fully saturated rings. The van der Waals surface area contributed by atoms with Crippen molar-refractivity contribution in [3.8, 4) is 6.07 Å². The van der Waals surface area contributed by atoms with Gasteiger partial charge in [0.15, 0.2) is 0 Å². The predicted octanol–water partition coefficient (Wildman–Crippen LogP) is 3.01. The van der Waals surface area contributed by atoms with Crippen molar-refractivity contribution in [1.82, 2.24) is 10.2 Å². The SMILES string of the molecule is COC(=O)C1=C(C)N(c2cccc(C(F)(F)F)c2)C(=N)N(C(N)=O)[C@@H]1c1ccc(C#N)cc1C(=O)N[C@@H](C)CO. The van der Waals surface area contributed by atoms with Gasteiger partial charge in [0, 0.05) is 23.0 Å². The van der Waals surface area contributed by atoms with Crippen LogP contribution in [0.1, 0.15) is 46.9 Å². The lowest BCUT2D eigenvalue weighted by Crippen LogP contribution is -2.55. The number of urea groups is 1. The molecule has 210 valence electrons. The molecule has 2 atom stereocenters. The van der Waals surface area contributed by atoms with Gasteiger partial charge in [0.25, 0.3) is 5.91 Å². The summed E-state index contributed by atoms with van der Waals surface area (Å²) in [6, 6.07) is 6.07. The second-order valence-electron chi connectivity index (χ2n) is 8.78. The number of hydrogen-bond acceptors (Lipinski definition) is 7. The molecule has 1 aliphatic rings. The maximum Gasteiger partial charge on any atom is 0.416 e. The summed E-state index contributed by atoms with van der Waals surface area (Å²) in [4.78, 5) is 40.7. The Labute approximate surface area is 226 Å². The molecule has 0 radical (unpaired) electrons. The number of allylic oxidation sites excluding steroid dienone is 1. The molecule has 1 aliphatic heterocycles. The van der Waals surface area contributed by atoms with Crippen LogP contribution in [-0.4, -0.2) is 53.6 Å². The van der Waals surface area contributed by atoms with Crippen LogP contribution in [0.4, 0.5) is 23.7 Å². The van der Waals surface area contributed by atoms with Crippen molar-refractivity contribution in [2.75, 3.05) is 18.6 Å². The Balaban J connectivity index is 2.36. The highest BCUT2D eigenvalue weighted by molar-refractivity contribution is 6.11. The first kappa shape index (κ1) is 29.7. The first-order valence-electron chi connectivity index (χ1n) is 11.7. The summed E-state index contributed by atoms with van der Waals surface area (Å²) in [5.74, 6) is -2.49. The summed E-state index contributed by atoms with van der Waals surface area (Å²) < 4.78 is 45.3. The summed E-state index contributed by atoms with van der Waals surface area (Å²) in [5, 5.41) is 30.1. The van der Waals surface area contributed by atoms with Crippen molar-refractivity contribution in [3.05, 3.63) is 76.0 Å². The Kier molecular flexibility index (Phi) is 8.49. The minimum Gasteiger partial charge on any atom is -0.466 e. The second kappa shape index (κ2) is 11.5. The lowest BCUT2D eigenvalue weighted by atomic mass is 9.88. The molecule has 0 aliphatic carbocycles. The van der Waals surface area contributed by atoms with Crippen LogP contribution in [-0.2, 0) is 15.7 Å². The first-order chi connectivity index (χ1) is 18.8. The number of hydrogen-bond donors (Lipinski definition) is 4. The van der Waals surface area contributed by atoms with E-state index in [0.717, 1.165) is 30.2 Å². The van der Waals surface area contributed by atoms with Crippen LogP contribution in [0.5, 0.6) is 0 Å². The molecule has 0 bridgehead atoms. The normalized spacial score (nSPS) is 16.4. The molecule has 14 heteroatoms. The van der Waals surface area contributed by atoms with Gasteiger partial charge in [-0.15, -0.1) is 0 Å². The fraction of sp³-hybridized carbons (Fsp3) is 0.269. The number of nitrogens with two attached hydrogens (primary N) is 1. The maximum absolute atomic E-state index is 13.5. The molecule has 2 aromatic carbocycles. The van der Waals surface area contributed by atoms with Crippen LogP contribution in [0.25, 0.3) is 0 Å². The molecule has 0 aromatic heterocycles. The van der Waals surface area contributed by atoms with Gasteiger partial charge in [-0.3, -0.25) is 20.0 Å². The summed E-state index contributed by atoms with van der Waals surface area (Å²) in [6.07, 6.45) is -4.72. The molecule has 40 heavy (non-hydrogen) atoms. The maximum atomic E-state index is 13.5. The predicted molar refractivity (Wildman–Crippen MR) is 136 cm³/mol. The Bertz CT molecular complexity index is 1450. The fourth-order valence-electron chi connectivity index (χ4n) is 4.28. The lowest BCUT2D eigenvalue weighted by Gasteiger charge is -2.43. The third-order valence-corrected chi connectivity index (χ3v) is 6.14. The fourth-order valence-corrected chi connectivity index (χ4v) is 4.28. The van der Waals surface area contributed by atoms with Gasteiger partial charge < -0.3 is 20.9 Å². The van der Waals surface area contributed by atoms with Crippen molar-refractivity contribution in [2.24, 2.45) is 5.73 Å². The number of aliphatic hydroxyl groups is 1. The van der Waals surface area contributed by atoms with E-state index in [9.17, 15) is 37.9 Å². The van der Waals surface area contributed by atoms with Crippen molar-refractivity contribution in [3.63, 3.8) is 0 Å². The molecule has 3 amide bonds. The number of methoxy groups -OCH3 is 1. The molecule has 1 heterocycles. The molecule has 3 rings (SSSR count). The molecule has 2 aromatic rings. The third kappa shape index (κ3) is 5.59. The highest BCUT2D eigenvalue weighted by Crippen LogP contribution is 2.42. The number of primary amides is 1. The van der Waals surface area contributed by atoms with Gasteiger partial charge in [-0.1, -0.05) is 12.1 Å². The lowest BCUT2D eigenvalue weighted by molar-refractivity contribution is -0.138. The number of aliphatic hydroxyl groups excluding tert-OH is 1. The number of anilines is 1. The number of amides is 3. The van der Waals surface area contributed by atoms with Crippen molar-refractivity contribution in [1.29, 1.82) is 10.7 Å². The number of esters is 1. The zero-order valence-corrected chi connectivity index (χ0v) is 21.5.